The van der Waals surface area contributed by atoms with E-state index in [0.29, 0.717) is 24.7 Å². The fourth-order valence-electron chi connectivity index (χ4n) is 2.35. The molecule has 0 aromatic carbocycles. The lowest BCUT2D eigenvalue weighted by molar-refractivity contribution is 0.0243. The summed E-state index contributed by atoms with van der Waals surface area (Å²) in [6.45, 7) is 3.09. The van der Waals surface area contributed by atoms with Gasteiger partial charge in [0.1, 0.15) is 5.76 Å². The molecular weight excluding hydrogens is 232 g/mol. The minimum absolute atomic E-state index is 0.128. The van der Waals surface area contributed by atoms with Crippen LogP contribution in [0.15, 0.2) is 10.6 Å². The van der Waals surface area contributed by atoms with E-state index in [4.69, 9.17) is 4.52 Å². The molecule has 1 N–H and O–H groups in total. The average Bonchev–Trinajstić information content (AvgIpc) is 3.10. The molecule has 98 valence electrons. The predicted molar refractivity (Wildman–Crippen MR) is 64.2 cm³/mol. The maximum Gasteiger partial charge on any atom is 0.276 e. The van der Waals surface area contributed by atoms with Gasteiger partial charge in [0.15, 0.2) is 5.69 Å². The zero-order valence-electron chi connectivity index (χ0n) is 10.5. The summed E-state index contributed by atoms with van der Waals surface area (Å²) < 4.78 is 5.19. The molecule has 2 unspecified atom stereocenters. The van der Waals surface area contributed by atoms with Crippen molar-refractivity contribution in [2.75, 3.05) is 13.1 Å². The molecule has 1 aromatic rings. The summed E-state index contributed by atoms with van der Waals surface area (Å²) in [5.41, 5.74) is 0.374. The van der Waals surface area contributed by atoms with Crippen LogP contribution in [0.4, 0.5) is 0 Å². The number of piperidine rings is 1. The highest BCUT2D eigenvalue weighted by Gasteiger charge is 2.32. The monoisotopic (exact) mass is 250 g/mol. The number of hydrogen-bond donors (Lipinski definition) is 1. The first-order valence-corrected chi connectivity index (χ1v) is 6.59. The van der Waals surface area contributed by atoms with Crippen molar-refractivity contribution in [1.29, 1.82) is 0 Å². The second-order valence-corrected chi connectivity index (χ2v) is 5.47. The van der Waals surface area contributed by atoms with Gasteiger partial charge in [-0.3, -0.25) is 4.79 Å². The maximum absolute atomic E-state index is 12.2. The molecule has 3 rings (SSSR count). The first-order chi connectivity index (χ1) is 8.65. The number of aromatic nitrogens is 1. The first kappa shape index (κ1) is 11.7. The van der Waals surface area contributed by atoms with Gasteiger partial charge in [0.05, 0.1) is 6.10 Å². The summed E-state index contributed by atoms with van der Waals surface area (Å²) in [5.74, 6) is 1.42. The minimum Gasteiger partial charge on any atom is -0.391 e. The predicted octanol–water partition coefficient (Wildman–Crippen LogP) is 1.39. The molecule has 5 heteroatoms. The largest absolute Gasteiger partial charge is 0.391 e. The van der Waals surface area contributed by atoms with Crippen molar-refractivity contribution in [3.05, 3.63) is 17.5 Å². The third-order valence-electron chi connectivity index (χ3n) is 3.93. The Morgan fingerprint density at radius 2 is 2.28 bits per heavy atom. The molecular formula is C13H18N2O3. The Hall–Kier alpha value is -1.36. The van der Waals surface area contributed by atoms with E-state index in [1.807, 2.05) is 6.92 Å². The molecule has 1 aromatic heterocycles. The van der Waals surface area contributed by atoms with Crippen LogP contribution in [0, 0.1) is 5.92 Å². The van der Waals surface area contributed by atoms with Crippen molar-refractivity contribution < 1.29 is 14.4 Å². The van der Waals surface area contributed by atoms with Gasteiger partial charge in [0, 0.05) is 25.1 Å². The summed E-state index contributed by atoms with van der Waals surface area (Å²) in [5, 5.41) is 13.7. The van der Waals surface area contributed by atoms with Gasteiger partial charge in [0.2, 0.25) is 0 Å². The Bertz CT molecular complexity index is 453. The lowest BCUT2D eigenvalue weighted by Crippen LogP contribution is -2.45. The molecule has 2 heterocycles. The van der Waals surface area contributed by atoms with Gasteiger partial charge in [-0.15, -0.1) is 0 Å². The van der Waals surface area contributed by atoms with Crippen LogP contribution in [-0.2, 0) is 0 Å². The van der Waals surface area contributed by atoms with E-state index < -0.39 is 6.10 Å². The number of likely N-dealkylation sites (tertiary alicyclic amines) is 1. The van der Waals surface area contributed by atoms with Gasteiger partial charge in [-0.2, -0.15) is 0 Å². The van der Waals surface area contributed by atoms with E-state index in [1.54, 1.807) is 11.0 Å². The SMILES string of the molecule is CC1CCN(C(=O)c2cc(C3CC3)on2)CC1O. The Morgan fingerprint density at radius 1 is 1.50 bits per heavy atom. The Labute approximate surface area is 106 Å². The smallest absolute Gasteiger partial charge is 0.276 e. The number of β-amino-alcohol motifs (C(OH)–C–C–N with tert-alkyl or cyclic N) is 1. The normalized spacial score (nSPS) is 28.4. The molecule has 0 bridgehead atoms. The summed E-state index contributed by atoms with van der Waals surface area (Å²) in [6.07, 6.45) is 2.66. The maximum atomic E-state index is 12.2. The highest BCUT2D eigenvalue weighted by atomic mass is 16.5. The molecule has 2 aliphatic rings. The van der Waals surface area contributed by atoms with E-state index in [1.165, 1.54) is 0 Å². The van der Waals surface area contributed by atoms with Gasteiger partial charge in [-0.25, -0.2) is 0 Å². The van der Waals surface area contributed by atoms with Crippen LogP contribution < -0.4 is 0 Å². The van der Waals surface area contributed by atoms with Crippen LogP contribution in [0.3, 0.4) is 0 Å². The van der Waals surface area contributed by atoms with Crippen LogP contribution in [0.5, 0.6) is 0 Å². The van der Waals surface area contributed by atoms with Gasteiger partial charge < -0.3 is 14.5 Å². The van der Waals surface area contributed by atoms with Gasteiger partial charge in [0.25, 0.3) is 5.91 Å². The molecule has 1 amide bonds. The molecule has 1 saturated heterocycles. The molecule has 0 radical (unpaired) electrons. The van der Waals surface area contributed by atoms with Gasteiger partial charge in [-0.05, 0) is 25.2 Å². The second-order valence-electron chi connectivity index (χ2n) is 5.47. The summed E-state index contributed by atoms with van der Waals surface area (Å²) in [7, 11) is 0. The van der Waals surface area contributed by atoms with Gasteiger partial charge >= 0.3 is 0 Å². The van der Waals surface area contributed by atoms with E-state index in [-0.39, 0.29) is 11.8 Å². The molecule has 0 spiro atoms. The zero-order chi connectivity index (χ0) is 12.7. The van der Waals surface area contributed by atoms with Crippen molar-refractivity contribution in [1.82, 2.24) is 10.1 Å². The van der Waals surface area contributed by atoms with E-state index in [2.05, 4.69) is 5.16 Å². The number of amides is 1. The van der Waals surface area contributed by atoms with Crippen LogP contribution in [0.25, 0.3) is 0 Å². The second kappa shape index (κ2) is 4.39. The molecule has 2 atom stereocenters. The van der Waals surface area contributed by atoms with E-state index in [0.717, 1.165) is 25.0 Å². The molecule has 1 aliphatic heterocycles. The van der Waals surface area contributed by atoms with Crippen LogP contribution in [0.2, 0.25) is 0 Å². The van der Waals surface area contributed by atoms with E-state index in [9.17, 15) is 9.90 Å². The quantitative estimate of drug-likeness (QED) is 0.861. The van der Waals surface area contributed by atoms with Crippen molar-refractivity contribution >= 4 is 5.91 Å². The highest BCUT2D eigenvalue weighted by molar-refractivity contribution is 5.92. The van der Waals surface area contributed by atoms with Crippen molar-refractivity contribution in [3.63, 3.8) is 0 Å². The average molecular weight is 250 g/mol. The van der Waals surface area contributed by atoms with Crippen molar-refractivity contribution in [2.24, 2.45) is 5.92 Å². The third kappa shape index (κ3) is 2.14. The number of aliphatic hydroxyl groups is 1. The Morgan fingerprint density at radius 3 is 2.94 bits per heavy atom. The summed E-state index contributed by atoms with van der Waals surface area (Å²) >= 11 is 0. The third-order valence-corrected chi connectivity index (χ3v) is 3.93. The van der Waals surface area contributed by atoms with E-state index >= 15 is 0 Å². The number of nitrogens with zero attached hydrogens (tertiary/aromatic N) is 2. The van der Waals surface area contributed by atoms with Crippen LogP contribution >= 0.6 is 0 Å². The summed E-state index contributed by atoms with van der Waals surface area (Å²) in [4.78, 5) is 13.9. The first-order valence-electron chi connectivity index (χ1n) is 6.59. The van der Waals surface area contributed by atoms with Crippen molar-refractivity contribution in [2.45, 2.75) is 38.2 Å². The highest BCUT2D eigenvalue weighted by Crippen LogP contribution is 2.40. The molecule has 2 fully saturated rings. The summed E-state index contributed by atoms with van der Waals surface area (Å²) in [6, 6.07) is 1.75. The standard InChI is InChI=1S/C13H18N2O3/c1-8-4-5-15(7-11(8)16)13(17)10-6-12(18-14-10)9-2-3-9/h6,8-9,11,16H,2-5,7H2,1H3. The molecule has 5 nitrogen and oxygen atoms in total. The Kier molecular flexibility index (Phi) is 2.86. The fourth-order valence-corrected chi connectivity index (χ4v) is 2.35. The number of hydrogen-bond acceptors (Lipinski definition) is 4. The minimum atomic E-state index is -0.433. The lowest BCUT2D eigenvalue weighted by Gasteiger charge is -2.33. The number of aliphatic hydroxyl groups excluding tert-OH is 1. The molecule has 1 saturated carbocycles. The number of carbonyl (C=O) groups excluding carboxylic acids is 1. The van der Waals surface area contributed by atoms with Gasteiger partial charge in [-0.1, -0.05) is 12.1 Å². The number of rotatable bonds is 2. The van der Waals surface area contributed by atoms with Crippen LogP contribution in [0.1, 0.15) is 48.4 Å². The lowest BCUT2D eigenvalue weighted by atomic mass is 9.96. The zero-order valence-corrected chi connectivity index (χ0v) is 10.5. The fraction of sp³-hybridized carbons (Fsp3) is 0.692. The van der Waals surface area contributed by atoms with Crippen LogP contribution in [-0.4, -0.2) is 40.3 Å². The molecule has 1 aliphatic carbocycles. The number of carbonyl (C=O) groups is 1. The Balaban J connectivity index is 1.69. The molecule has 18 heavy (non-hydrogen) atoms. The topological polar surface area (TPSA) is 66.6 Å². The van der Waals surface area contributed by atoms with Crippen molar-refractivity contribution in [3.8, 4) is 0 Å².